The Labute approximate surface area is 155 Å². The number of rotatable bonds is 3. The largest absolute Gasteiger partial charge is 0.335 e. The summed E-state index contributed by atoms with van der Waals surface area (Å²) in [6, 6.07) is 6.92. The predicted octanol–water partition coefficient (Wildman–Crippen LogP) is 3.04. The summed E-state index contributed by atoms with van der Waals surface area (Å²) in [5.41, 5.74) is 1.71. The third kappa shape index (κ3) is 3.21. The van der Waals surface area contributed by atoms with E-state index in [0.29, 0.717) is 30.6 Å². The van der Waals surface area contributed by atoms with Crippen LogP contribution in [0.2, 0.25) is 0 Å². The second-order valence-electron chi connectivity index (χ2n) is 7.84. The Balaban J connectivity index is 1.58. The highest BCUT2D eigenvalue weighted by Gasteiger charge is 2.38. The molecule has 0 N–H and O–H groups in total. The maximum atomic E-state index is 13.0. The fourth-order valence-electron chi connectivity index (χ4n) is 4.46. The van der Waals surface area contributed by atoms with Gasteiger partial charge in [-0.25, -0.2) is 8.42 Å². The van der Waals surface area contributed by atoms with Gasteiger partial charge in [-0.3, -0.25) is 4.79 Å². The summed E-state index contributed by atoms with van der Waals surface area (Å²) in [4.78, 5) is 15.2. The van der Waals surface area contributed by atoms with Gasteiger partial charge >= 0.3 is 0 Å². The van der Waals surface area contributed by atoms with Gasteiger partial charge in [0.05, 0.1) is 4.90 Å². The summed E-state index contributed by atoms with van der Waals surface area (Å²) in [6.07, 6.45) is 7.28. The van der Waals surface area contributed by atoms with Crippen LogP contribution in [0.1, 0.15) is 49.4 Å². The number of benzene rings is 1. The molecule has 0 radical (unpaired) electrons. The quantitative estimate of drug-likeness (QED) is 0.764. The van der Waals surface area contributed by atoms with Crippen LogP contribution in [0.4, 0.5) is 0 Å². The van der Waals surface area contributed by atoms with Gasteiger partial charge < -0.3 is 4.90 Å². The Hall–Kier alpha value is -1.66. The van der Waals surface area contributed by atoms with Crippen molar-refractivity contribution >= 4 is 15.9 Å². The highest BCUT2D eigenvalue weighted by molar-refractivity contribution is 7.89. The van der Waals surface area contributed by atoms with Gasteiger partial charge in [0.2, 0.25) is 10.0 Å². The summed E-state index contributed by atoms with van der Waals surface area (Å²) in [5, 5.41) is 0. The van der Waals surface area contributed by atoms with Crippen molar-refractivity contribution in [3.8, 4) is 0 Å². The van der Waals surface area contributed by atoms with Gasteiger partial charge in [0, 0.05) is 31.2 Å². The van der Waals surface area contributed by atoms with Crippen molar-refractivity contribution in [2.24, 2.45) is 5.92 Å². The zero-order valence-electron chi connectivity index (χ0n) is 15.2. The molecule has 1 aromatic rings. The number of amides is 1. The molecule has 1 aromatic carbocycles. The molecule has 6 heteroatoms. The first-order valence-corrected chi connectivity index (χ1v) is 11.0. The molecule has 4 rings (SSSR count). The molecule has 0 spiro atoms. The van der Waals surface area contributed by atoms with Gasteiger partial charge in [-0.05, 0) is 56.7 Å². The van der Waals surface area contributed by atoms with E-state index in [2.05, 4.69) is 0 Å². The van der Waals surface area contributed by atoms with Crippen molar-refractivity contribution in [1.82, 2.24) is 9.21 Å². The minimum absolute atomic E-state index is 0.0224. The van der Waals surface area contributed by atoms with Crippen molar-refractivity contribution in [3.05, 3.63) is 41.5 Å². The summed E-state index contributed by atoms with van der Waals surface area (Å²) in [7, 11) is -3.56. The lowest BCUT2D eigenvalue weighted by Gasteiger charge is -2.26. The highest BCUT2D eigenvalue weighted by Crippen LogP contribution is 2.36. The molecular weight excluding hydrogens is 348 g/mol. The molecule has 2 heterocycles. The lowest BCUT2D eigenvalue weighted by molar-refractivity contribution is 0.0733. The Morgan fingerprint density at radius 1 is 1.23 bits per heavy atom. The molecule has 1 amide bonds. The number of likely N-dealkylation sites (tertiary alicyclic amines) is 1. The molecule has 2 atom stereocenters. The first-order valence-electron chi connectivity index (χ1n) is 9.52. The van der Waals surface area contributed by atoms with Crippen LogP contribution in [0.3, 0.4) is 0 Å². The monoisotopic (exact) mass is 374 g/mol. The average molecular weight is 375 g/mol. The second-order valence-corrected chi connectivity index (χ2v) is 9.77. The minimum atomic E-state index is -3.56. The van der Waals surface area contributed by atoms with Crippen molar-refractivity contribution in [2.45, 2.75) is 50.0 Å². The predicted molar refractivity (Wildman–Crippen MR) is 100 cm³/mol. The molecule has 5 nitrogen and oxygen atoms in total. The molecule has 0 aromatic heterocycles. The van der Waals surface area contributed by atoms with E-state index in [1.54, 1.807) is 24.3 Å². The first-order chi connectivity index (χ1) is 12.4. The van der Waals surface area contributed by atoms with E-state index in [9.17, 15) is 13.2 Å². The Morgan fingerprint density at radius 2 is 2.08 bits per heavy atom. The fraction of sp³-hybridized carbons (Fsp3) is 0.550. The summed E-state index contributed by atoms with van der Waals surface area (Å²) in [5.74, 6) is 0.596. The van der Waals surface area contributed by atoms with Crippen LogP contribution < -0.4 is 0 Å². The molecule has 2 fully saturated rings. The number of carbonyl (C=O) groups excluding carboxylic acids is 1. The second kappa shape index (κ2) is 6.82. The van der Waals surface area contributed by atoms with Crippen molar-refractivity contribution < 1.29 is 13.2 Å². The van der Waals surface area contributed by atoms with Crippen LogP contribution >= 0.6 is 0 Å². The van der Waals surface area contributed by atoms with Gasteiger partial charge in [0.25, 0.3) is 5.91 Å². The van der Waals surface area contributed by atoms with E-state index in [0.717, 1.165) is 25.8 Å². The smallest absolute Gasteiger partial charge is 0.254 e. The molecule has 1 saturated heterocycles. The van der Waals surface area contributed by atoms with Gasteiger partial charge in [0.1, 0.15) is 0 Å². The molecule has 140 valence electrons. The van der Waals surface area contributed by atoms with E-state index in [-0.39, 0.29) is 10.8 Å². The Morgan fingerprint density at radius 3 is 2.81 bits per heavy atom. The molecule has 2 bridgehead atoms. The molecular formula is C20H26N2O3S. The average Bonchev–Trinajstić information content (AvgIpc) is 2.95. The van der Waals surface area contributed by atoms with Crippen LogP contribution in [-0.4, -0.2) is 49.2 Å². The van der Waals surface area contributed by atoms with E-state index in [1.165, 1.54) is 22.7 Å². The standard InChI is InChI=1S/C20H26N2O3S/c1-15-8-10-21(11-9-15)26(24,25)19-7-3-5-17(13-19)20(23)22-14-16-4-2-6-18(22)12-16/h3,5,7-8,13,16,18H,2,4,6,9-12,14H2,1H3/t16-,18+/m0/s1. The van der Waals surface area contributed by atoms with Crippen LogP contribution in [0.5, 0.6) is 0 Å². The van der Waals surface area contributed by atoms with Crippen molar-refractivity contribution in [3.63, 3.8) is 0 Å². The van der Waals surface area contributed by atoms with E-state index < -0.39 is 10.0 Å². The molecule has 1 aliphatic carbocycles. The molecule has 1 saturated carbocycles. The summed E-state index contributed by atoms with van der Waals surface area (Å²) in [6.45, 7) is 3.74. The topological polar surface area (TPSA) is 57.7 Å². The first kappa shape index (κ1) is 17.7. The minimum Gasteiger partial charge on any atom is -0.335 e. The van der Waals surface area contributed by atoms with Crippen LogP contribution in [0.15, 0.2) is 40.8 Å². The molecule has 3 aliphatic rings. The zero-order valence-corrected chi connectivity index (χ0v) is 16.0. The van der Waals surface area contributed by atoms with E-state index in [1.807, 2.05) is 17.9 Å². The lowest BCUT2D eigenvalue weighted by Crippen LogP contribution is -2.36. The van der Waals surface area contributed by atoms with Crippen molar-refractivity contribution in [2.75, 3.05) is 19.6 Å². The summed E-state index contributed by atoms with van der Waals surface area (Å²) >= 11 is 0. The molecule has 0 unspecified atom stereocenters. The van der Waals surface area contributed by atoms with E-state index >= 15 is 0 Å². The van der Waals surface area contributed by atoms with E-state index in [4.69, 9.17) is 0 Å². The van der Waals surface area contributed by atoms with Crippen molar-refractivity contribution in [1.29, 1.82) is 0 Å². The lowest BCUT2D eigenvalue weighted by atomic mass is 9.90. The highest BCUT2D eigenvalue weighted by atomic mass is 32.2. The molecule has 2 aliphatic heterocycles. The summed E-state index contributed by atoms with van der Waals surface area (Å²) < 4.78 is 27.4. The van der Waals surface area contributed by atoms with Gasteiger partial charge in [0.15, 0.2) is 0 Å². The normalized spacial score (nSPS) is 26.7. The maximum Gasteiger partial charge on any atom is 0.254 e. The molecule has 26 heavy (non-hydrogen) atoms. The SMILES string of the molecule is CC1=CCN(S(=O)(=O)c2cccc(C(=O)N3C[C@H]4CCC[C@@H]3C4)c2)CC1. The number of nitrogens with zero attached hydrogens (tertiary/aromatic N) is 2. The number of hydrogen-bond donors (Lipinski definition) is 0. The zero-order chi connectivity index (χ0) is 18.3. The maximum absolute atomic E-state index is 13.0. The third-order valence-corrected chi connectivity index (χ3v) is 7.89. The number of hydrogen-bond acceptors (Lipinski definition) is 3. The number of fused-ring (bicyclic) bond motifs is 2. The van der Waals surface area contributed by atoms with Crippen LogP contribution in [0, 0.1) is 5.92 Å². The fourth-order valence-corrected chi connectivity index (χ4v) is 5.89. The third-order valence-electron chi connectivity index (χ3n) is 6.03. The number of carbonyl (C=O) groups is 1. The Kier molecular flexibility index (Phi) is 4.65. The van der Waals surface area contributed by atoms with Gasteiger partial charge in [-0.1, -0.05) is 24.1 Å². The van der Waals surface area contributed by atoms with Crippen LogP contribution in [0.25, 0.3) is 0 Å². The Bertz CT molecular complexity index is 846. The van der Waals surface area contributed by atoms with Gasteiger partial charge in [-0.15, -0.1) is 0 Å². The van der Waals surface area contributed by atoms with Gasteiger partial charge in [-0.2, -0.15) is 4.31 Å². The number of sulfonamides is 1. The van der Waals surface area contributed by atoms with Crippen LogP contribution in [-0.2, 0) is 10.0 Å².